The molecule has 1 heterocycles. The highest BCUT2D eigenvalue weighted by molar-refractivity contribution is 7.80. The van der Waals surface area contributed by atoms with Crippen molar-refractivity contribution in [2.24, 2.45) is 0 Å². The Kier molecular flexibility index (Phi) is 6.04. The van der Waals surface area contributed by atoms with Crippen molar-refractivity contribution in [3.63, 3.8) is 0 Å². The van der Waals surface area contributed by atoms with Crippen molar-refractivity contribution in [1.82, 2.24) is 10.2 Å². The van der Waals surface area contributed by atoms with Crippen LogP contribution in [0.4, 0.5) is 0 Å². The van der Waals surface area contributed by atoms with Crippen LogP contribution in [-0.2, 0) is 9.59 Å². The Bertz CT molecular complexity index is 983. The van der Waals surface area contributed by atoms with Crippen molar-refractivity contribution in [3.8, 4) is 11.1 Å². The second-order valence-corrected chi connectivity index (χ2v) is 6.87. The third-order valence-electron chi connectivity index (χ3n) is 4.25. The molecule has 28 heavy (non-hydrogen) atoms. The normalized spacial score (nSPS) is 16.9. The number of nitrogens with zero attached hydrogens (tertiary/aromatic N) is 1. The minimum Gasteiger partial charge on any atom is -0.373 e. The van der Waals surface area contributed by atoms with Crippen LogP contribution >= 0.6 is 23.8 Å². The second kappa shape index (κ2) is 8.48. The largest absolute Gasteiger partial charge is 0.373 e. The average Bonchev–Trinajstić information content (AvgIpc) is 2.69. The van der Waals surface area contributed by atoms with Gasteiger partial charge in [-0.25, -0.2) is 0 Å². The second-order valence-electron chi connectivity index (χ2n) is 6.07. The Balaban J connectivity index is 1.92. The number of carbonyl (C=O) groups excluding carboxylic acids is 2. The van der Waals surface area contributed by atoms with E-state index in [2.05, 4.69) is 11.9 Å². The van der Waals surface area contributed by atoms with E-state index in [1.54, 1.807) is 24.3 Å². The number of amides is 2. The van der Waals surface area contributed by atoms with E-state index in [0.29, 0.717) is 11.1 Å². The molecule has 2 amide bonds. The lowest BCUT2D eigenvalue weighted by atomic mass is 9.98. The Labute approximate surface area is 172 Å². The van der Waals surface area contributed by atoms with E-state index in [1.807, 2.05) is 24.3 Å². The predicted molar refractivity (Wildman–Crippen MR) is 113 cm³/mol. The molecule has 1 aliphatic heterocycles. The highest BCUT2D eigenvalue weighted by atomic mass is 35.5. The summed E-state index contributed by atoms with van der Waals surface area (Å²) in [6, 6.07) is 14.5. The highest BCUT2D eigenvalue weighted by Crippen LogP contribution is 2.30. The fourth-order valence-electron chi connectivity index (χ4n) is 2.88. The maximum absolute atomic E-state index is 12.6. The third kappa shape index (κ3) is 4.04. The van der Waals surface area contributed by atoms with Crippen LogP contribution in [0.5, 0.6) is 0 Å². The number of aliphatic hydroxyl groups excluding tert-OH is 1. The van der Waals surface area contributed by atoms with Crippen LogP contribution in [0.25, 0.3) is 17.2 Å². The van der Waals surface area contributed by atoms with E-state index in [1.165, 1.54) is 17.1 Å². The molecule has 0 aliphatic carbocycles. The molecule has 0 bridgehead atoms. The summed E-state index contributed by atoms with van der Waals surface area (Å²) >= 11 is 10.9. The number of hydrogen-bond donors (Lipinski definition) is 2. The first-order chi connectivity index (χ1) is 13.4. The topological polar surface area (TPSA) is 69.6 Å². The minimum absolute atomic E-state index is 0.000203. The van der Waals surface area contributed by atoms with Crippen LogP contribution in [0.3, 0.4) is 0 Å². The van der Waals surface area contributed by atoms with Crippen LogP contribution < -0.4 is 5.32 Å². The maximum atomic E-state index is 12.6. The molecule has 0 saturated carbocycles. The summed E-state index contributed by atoms with van der Waals surface area (Å²) in [5, 5.41) is 12.3. The fraction of sp³-hybridized carbons (Fsp3) is 0.0952. The molecular weight excluding hydrogens is 396 g/mol. The van der Waals surface area contributed by atoms with E-state index < -0.39 is 17.4 Å². The monoisotopic (exact) mass is 412 g/mol. The van der Waals surface area contributed by atoms with Crippen LogP contribution in [0.15, 0.2) is 66.8 Å². The molecule has 1 fully saturated rings. The Hall–Kier alpha value is -2.80. The molecule has 3 rings (SSSR count). The van der Waals surface area contributed by atoms with E-state index in [4.69, 9.17) is 23.8 Å². The molecule has 0 aromatic heterocycles. The maximum Gasteiger partial charge on any atom is 0.265 e. The van der Waals surface area contributed by atoms with Gasteiger partial charge in [-0.05, 0) is 35.0 Å². The number of carbonyl (C=O) groups is 2. The van der Waals surface area contributed by atoms with Gasteiger partial charge in [-0.3, -0.25) is 19.8 Å². The van der Waals surface area contributed by atoms with E-state index in [-0.39, 0.29) is 17.2 Å². The molecule has 1 aliphatic rings. The standard InChI is InChI=1S/C21H17ClN2O3S/c1-2-11-24-20(27)17(19(26)23-21(24)28)12-13-7-9-14(10-8-13)15-5-3-4-6-16(15)18(22)25/h2-10,12,18,25H,1,11H2,(H,23,26,28)/b17-12+. The van der Waals surface area contributed by atoms with Gasteiger partial charge in [-0.2, -0.15) is 0 Å². The Morgan fingerprint density at radius 2 is 1.86 bits per heavy atom. The van der Waals surface area contributed by atoms with Gasteiger partial charge in [-0.15, -0.1) is 6.58 Å². The molecule has 7 heteroatoms. The Morgan fingerprint density at radius 1 is 1.18 bits per heavy atom. The number of hydrogen-bond acceptors (Lipinski definition) is 4. The molecule has 5 nitrogen and oxygen atoms in total. The molecule has 1 atom stereocenters. The first-order valence-corrected chi connectivity index (χ1v) is 9.28. The first-order valence-electron chi connectivity index (χ1n) is 8.43. The van der Waals surface area contributed by atoms with Crippen LogP contribution in [0.1, 0.15) is 16.7 Å². The summed E-state index contributed by atoms with van der Waals surface area (Å²) in [6.07, 6.45) is 3.05. The Morgan fingerprint density at radius 3 is 2.50 bits per heavy atom. The lowest BCUT2D eigenvalue weighted by Crippen LogP contribution is -2.53. The number of halogens is 1. The van der Waals surface area contributed by atoms with Crippen molar-refractivity contribution < 1.29 is 14.7 Å². The fourth-order valence-corrected chi connectivity index (χ4v) is 3.32. The SMILES string of the molecule is C=CCN1C(=O)/C(=C/c2ccc(-c3ccccc3C(O)Cl)cc2)C(=O)NC1=S. The summed E-state index contributed by atoms with van der Waals surface area (Å²) in [7, 11) is 0. The molecule has 2 N–H and O–H groups in total. The van der Waals surface area contributed by atoms with Gasteiger partial charge in [0.05, 0.1) is 0 Å². The van der Waals surface area contributed by atoms with E-state index in [0.717, 1.165) is 11.1 Å². The molecule has 2 aromatic carbocycles. The minimum atomic E-state index is -1.11. The molecule has 1 unspecified atom stereocenters. The number of alkyl halides is 1. The number of benzene rings is 2. The molecule has 0 spiro atoms. The molecule has 2 aromatic rings. The van der Waals surface area contributed by atoms with Gasteiger partial charge in [0.25, 0.3) is 11.8 Å². The zero-order valence-electron chi connectivity index (χ0n) is 14.8. The zero-order valence-corrected chi connectivity index (χ0v) is 16.3. The summed E-state index contributed by atoms with van der Waals surface area (Å²) in [4.78, 5) is 26.0. The number of aliphatic hydroxyl groups is 1. The summed E-state index contributed by atoms with van der Waals surface area (Å²) < 4.78 is 0. The van der Waals surface area contributed by atoms with Crippen LogP contribution in [-0.4, -0.2) is 33.5 Å². The van der Waals surface area contributed by atoms with Gasteiger partial charge in [0.2, 0.25) is 0 Å². The van der Waals surface area contributed by atoms with E-state index in [9.17, 15) is 14.7 Å². The van der Waals surface area contributed by atoms with Crippen LogP contribution in [0, 0.1) is 0 Å². The number of rotatable bonds is 5. The lowest BCUT2D eigenvalue weighted by molar-refractivity contribution is -0.128. The lowest BCUT2D eigenvalue weighted by Gasteiger charge is -2.27. The van der Waals surface area contributed by atoms with Gasteiger partial charge < -0.3 is 5.11 Å². The molecule has 0 radical (unpaired) electrons. The van der Waals surface area contributed by atoms with Crippen molar-refractivity contribution >= 4 is 46.8 Å². The van der Waals surface area contributed by atoms with Crippen molar-refractivity contribution in [2.75, 3.05) is 6.54 Å². The van der Waals surface area contributed by atoms with E-state index >= 15 is 0 Å². The molecule has 142 valence electrons. The van der Waals surface area contributed by atoms with Gasteiger partial charge in [0, 0.05) is 12.1 Å². The number of thiocarbonyl (C=S) groups is 1. The molecular formula is C21H17ClN2O3S. The smallest absolute Gasteiger partial charge is 0.265 e. The van der Waals surface area contributed by atoms with Crippen molar-refractivity contribution in [2.45, 2.75) is 5.56 Å². The van der Waals surface area contributed by atoms with Crippen molar-refractivity contribution in [1.29, 1.82) is 0 Å². The number of nitrogens with one attached hydrogen (secondary N) is 1. The summed E-state index contributed by atoms with van der Waals surface area (Å²) in [5.41, 5.74) is 1.83. The summed E-state index contributed by atoms with van der Waals surface area (Å²) in [6.45, 7) is 3.81. The van der Waals surface area contributed by atoms with Crippen molar-refractivity contribution in [3.05, 3.63) is 77.9 Å². The first kappa shape index (κ1) is 19.9. The quantitative estimate of drug-likeness (QED) is 0.259. The van der Waals surface area contributed by atoms with Gasteiger partial charge >= 0.3 is 0 Å². The molecule has 1 saturated heterocycles. The van der Waals surface area contributed by atoms with Crippen LogP contribution in [0.2, 0.25) is 0 Å². The van der Waals surface area contributed by atoms with Gasteiger partial charge in [0.15, 0.2) is 10.7 Å². The predicted octanol–water partition coefficient (Wildman–Crippen LogP) is 3.40. The van der Waals surface area contributed by atoms with Gasteiger partial charge in [-0.1, -0.05) is 66.2 Å². The third-order valence-corrected chi connectivity index (χ3v) is 4.81. The summed E-state index contributed by atoms with van der Waals surface area (Å²) in [5.74, 6) is -0.997. The average molecular weight is 413 g/mol. The zero-order chi connectivity index (χ0) is 20.3. The van der Waals surface area contributed by atoms with Gasteiger partial charge in [0.1, 0.15) is 5.57 Å². The highest BCUT2D eigenvalue weighted by Gasteiger charge is 2.32.